The number of rotatable bonds is 6. The van der Waals surface area contributed by atoms with E-state index in [-0.39, 0.29) is 12.5 Å². The fourth-order valence-corrected chi connectivity index (χ4v) is 2.95. The van der Waals surface area contributed by atoms with Crippen molar-refractivity contribution < 1.29 is 9.90 Å². The average molecular weight is 276 g/mol. The second-order valence-electron chi connectivity index (χ2n) is 5.47. The molecular formula is C16H24N2O2. The van der Waals surface area contributed by atoms with Crippen LogP contribution in [-0.2, 0) is 11.3 Å². The average Bonchev–Trinajstić information content (AvgIpc) is 2.85. The first-order valence-electron chi connectivity index (χ1n) is 7.41. The van der Waals surface area contributed by atoms with Gasteiger partial charge >= 0.3 is 0 Å². The van der Waals surface area contributed by atoms with E-state index in [1.807, 2.05) is 18.2 Å². The van der Waals surface area contributed by atoms with Crippen LogP contribution in [0.1, 0.15) is 38.2 Å². The second-order valence-corrected chi connectivity index (χ2v) is 5.47. The third-order valence-electron chi connectivity index (χ3n) is 3.90. The summed E-state index contributed by atoms with van der Waals surface area (Å²) in [6, 6.07) is 8.55. The Morgan fingerprint density at radius 2 is 2.25 bits per heavy atom. The molecular weight excluding hydrogens is 252 g/mol. The zero-order valence-electron chi connectivity index (χ0n) is 12.1. The Balaban J connectivity index is 2.03. The van der Waals surface area contributed by atoms with E-state index >= 15 is 0 Å². The summed E-state index contributed by atoms with van der Waals surface area (Å²) in [7, 11) is 0. The second kappa shape index (κ2) is 7.41. The van der Waals surface area contributed by atoms with E-state index < -0.39 is 0 Å². The van der Waals surface area contributed by atoms with Crippen LogP contribution in [0.2, 0.25) is 0 Å². The van der Waals surface area contributed by atoms with E-state index in [1.54, 1.807) is 0 Å². The maximum atomic E-state index is 11.3. The first-order chi connectivity index (χ1) is 9.70. The van der Waals surface area contributed by atoms with E-state index in [0.29, 0.717) is 6.04 Å². The lowest BCUT2D eigenvalue weighted by Gasteiger charge is -2.25. The quantitative estimate of drug-likeness (QED) is 0.839. The molecule has 1 atom stereocenters. The van der Waals surface area contributed by atoms with E-state index in [2.05, 4.69) is 16.3 Å². The summed E-state index contributed by atoms with van der Waals surface area (Å²) in [5.74, 6) is -0.0318. The molecule has 1 aromatic carbocycles. The molecule has 1 amide bonds. The van der Waals surface area contributed by atoms with Crippen molar-refractivity contribution >= 4 is 11.6 Å². The molecule has 1 heterocycles. The summed E-state index contributed by atoms with van der Waals surface area (Å²) in [6.45, 7) is 3.78. The van der Waals surface area contributed by atoms with Gasteiger partial charge in [-0.2, -0.15) is 0 Å². The molecule has 0 bridgehead atoms. The largest absolute Gasteiger partial charge is 0.396 e. The Morgan fingerprint density at radius 3 is 3.00 bits per heavy atom. The normalized spacial score (nSPS) is 19.2. The van der Waals surface area contributed by atoms with Gasteiger partial charge in [0.1, 0.15) is 0 Å². The van der Waals surface area contributed by atoms with E-state index in [1.165, 1.54) is 25.3 Å². The molecule has 1 unspecified atom stereocenters. The van der Waals surface area contributed by atoms with E-state index in [0.717, 1.165) is 31.6 Å². The fourth-order valence-electron chi connectivity index (χ4n) is 2.95. The standard InChI is InChI=1S/C16H24N2O2/c1-13(20)17-16-9-3-2-6-14(16)12-18-10-4-7-15(18)8-5-11-19/h2-3,6,9,15,19H,4-5,7-8,10-12H2,1H3,(H,17,20). The number of anilines is 1. The number of nitrogens with zero attached hydrogens (tertiary/aromatic N) is 1. The molecule has 2 N–H and O–H groups in total. The summed E-state index contributed by atoms with van der Waals surface area (Å²) in [6.07, 6.45) is 4.36. The third-order valence-corrected chi connectivity index (χ3v) is 3.90. The molecule has 110 valence electrons. The van der Waals surface area contributed by atoms with Crippen molar-refractivity contribution in [1.82, 2.24) is 4.90 Å². The lowest BCUT2D eigenvalue weighted by Crippen LogP contribution is -2.29. The minimum atomic E-state index is -0.0318. The van der Waals surface area contributed by atoms with Crippen molar-refractivity contribution in [2.75, 3.05) is 18.5 Å². The number of nitrogens with one attached hydrogen (secondary N) is 1. The highest BCUT2D eigenvalue weighted by Gasteiger charge is 2.24. The SMILES string of the molecule is CC(=O)Nc1ccccc1CN1CCCC1CCCO. The molecule has 1 aromatic rings. The van der Waals surface area contributed by atoms with Crippen LogP contribution in [0.5, 0.6) is 0 Å². The molecule has 0 aromatic heterocycles. The number of aliphatic hydroxyl groups excluding tert-OH is 1. The van der Waals surface area contributed by atoms with Crippen LogP contribution >= 0.6 is 0 Å². The van der Waals surface area contributed by atoms with Crippen molar-refractivity contribution in [2.24, 2.45) is 0 Å². The molecule has 0 spiro atoms. The van der Waals surface area contributed by atoms with Gasteiger partial charge in [-0.1, -0.05) is 18.2 Å². The molecule has 0 aliphatic carbocycles. The molecule has 0 radical (unpaired) electrons. The molecule has 1 aliphatic heterocycles. The highest BCUT2D eigenvalue weighted by atomic mass is 16.2. The lowest BCUT2D eigenvalue weighted by atomic mass is 10.1. The smallest absolute Gasteiger partial charge is 0.221 e. The van der Waals surface area contributed by atoms with Crippen LogP contribution in [0.25, 0.3) is 0 Å². The van der Waals surface area contributed by atoms with Crippen LogP contribution in [0, 0.1) is 0 Å². The zero-order chi connectivity index (χ0) is 14.4. The van der Waals surface area contributed by atoms with Gasteiger partial charge in [-0.25, -0.2) is 0 Å². The van der Waals surface area contributed by atoms with Crippen LogP contribution < -0.4 is 5.32 Å². The van der Waals surface area contributed by atoms with Gasteiger partial charge in [0.25, 0.3) is 0 Å². The monoisotopic (exact) mass is 276 g/mol. The number of para-hydroxylation sites is 1. The molecule has 4 nitrogen and oxygen atoms in total. The Labute approximate surface area is 120 Å². The first kappa shape index (κ1) is 15.0. The summed E-state index contributed by atoms with van der Waals surface area (Å²) in [5, 5.41) is 11.9. The zero-order valence-corrected chi connectivity index (χ0v) is 12.1. The summed E-state index contributed by atoms with van der Waals surface area (Å²) in [5.41, 5.74) is 2.08. The van der Waals surface area contributed by atoms with Gasteiger partial charge in [0.2, 0.25) is 5.91 Å². The lowest BCUT2D eigenvalue weighted by molar-refractivity contribution is -0.114. The van der Waals surface area contributed by atoms with Crippen LogP contribution in [-0.4, -0.2) is 35.1 Å². The number of hydrogen-bond donors (Lipinski definition) is 2. The van der Waals surface area contributed by atoms with Crippen LogP contribution in [0.4, 0.5) is 5.69 Å². The fraction of sp³-hybridized carbons (Fsp3) is 0.562. The predicted molar refractivity (Wildman–Crippen MR) is 80.5 cm³/mol. The van der Waals surface area contributed by atoms with Gasteiger partial charge in [-0.05, 0) is 43.9 Å². The van der Waals surface area contributed by atoms with Gasteiger partial charge in [0.05, 0.1) is 0 Å². The van der Waals surface area contributed by atoms with Gasteiger partial charge in [0, 0.05) is 31.8 Å². The number of amides is 1. The molecule has 2 rings (SSSR count). The molecule has 20 heavy (non-hydrogen) atoms. The van der Waals surface area contributed by atoms with Crippen LogP contribution in [0.3, 0.4) is 0 Å². The van der Waals surface area contributed by atoms with Crippen molar-refractivity contribution in [1.29, 1.82) is 0 Å². The molecule has 4 heteroatoms. The van der Waals surface area contributed by atoms with Crippen LogP contribution in [0.15, 0.2) is 24.3 Å². The van der Waals surface area contributed by atoms with Crippen molar-refractivity contribution in [3.05, 3.63) is 29.8 Å². The molecule has 1 aliphatic rings. The number of aliphatic hydroxyl groups is 1. The number of hydrogen-bond acceptors (Lipinski definition) is 3. The third kappa shape index (κ3) is 4.05. The van der Waals surface area contributed by atoms with Gasteiger partial charge < -0.3 is 10.4 Å². The predicted octanol–water partition coefficient (Wildman–Crippen LogP) is 2.38. The van der Waals surface area contributed by atoms with Gasteiger partial charge in [-0.15, -0.1) is 0 Å². The molecule has 1 fully saturated rings. The van der Waals surface area contributed by atoms with Crippen molar-refractivity contribution in [2.45, 2.75) is 45.2 Å². The minimum absolute atomic E-state index is 0.0318. The Bertz CT molecular complexity index is 448. The summed E-state index contributed by atoms with van der Waals surface area (Å²) in [4.78, 5) is 13.7. The topological polar surface area (TPSA) is 52.6 Å². The molecule has 0 saturated carbocycles. The van der Waals surface area contributed by atoms with Crippen molar-refractivity contribution in [3.63, 3.8) is 0 Å². The van der Waals surface area contributed by atoms with Gasteiger partial charge in [0.15, 0.2) is 0 Å². The number of benzene rings is 1. The number of carbonyl (C=O) groups excluding carboxylic acids is 1. The van der Waals surface area contributed by atoms with Crippen molar-refractivity contribution in [3.8, 4) is 0 Å². The maximum Gasteiger partial charge on any atom is 0.221 e. The molecule has 1 saturated heterocycles. The summed E-state index contributed by atoms with van der Waals surface area (Å²) < 4.78 is 0. The Kier molecular flexibility index (Phi) is 5.56. The van der Waals surface area contributed by atoms with Gasteiger partial charge in [-0.3, -0.25) is 9.69 Å². The summed E-state index contributed by atoms with van der Waals surface area (Å²) >= 11 is 0. The highest BCUT2D eigenvalue weighted by Crippen LogP contribution is 2.26. The number of likely N-dealkylation sites (tertiary alicyclic amines) is 1. The Morgan fingerprint density at radius 1 is 1.45 bits per heavy atom. The highest BCUT2D eigenvalue weighted by molar-refractivity contribution is 5.89. The van der Waals surface area contributed by atoms with E-state index in [9.17, 15) is 4.79 Å². The Hall–Kier alpha value is -1.39. The number of carbonyl (C=O) groups is 1. The maximum absolute atomic E-state index is 11.3. The first-order valence-corrected chi connectivity index (χ1v) is 7.41. The minimum Gasteiger partial charge on any atom is -0.396 e. The van der Waals surface area contributed by atoms with E-state index in [4.69, 9.17) is 5.11 Å².